The number of thioether (sulfide) groups is 1. The maximum atomic E-state index is 11.5. The van der Waals surface area contributed by atoms with Crippen LogP contribution >= 0.6 is 11.8 Å². The molecule has 1 heterocycles. The minimum Gasteiger partial charge on any atom is -0.396 e. The van der Waals surface area contributed by atoms with Crippen molar-refractivity contribution in [2.75, 3.05) is 44.4 Å². The molecule has 0 aromatic carbocycles. The van der Waals surface area contributed by atoms with E-state index in [1.54, 1.807) is 11.8 Å². The molecule has 0 radical (unpaired) electrons. The number of piperidine rings is 1. The molecule has 112 valence electrons. The smallest absolute Gasteiger partial charge is 0.222 e. The molecular formula is C13H26N2O3S. The predicted octanol–water partition coefficient (Wildman–Crippen LogP) is 0.377. The highest BCUT2D eigenvalue weighted by Crippen LogP contribution is 2.07. The molecule has 1 aliphatic heterocycles. The Bertz CT molecular complexity index is 236. The lowest BCUT2D eigenvalue weighted by Crippen LogP contribution is -2.33. The number of ether oxygens (including phenoxy) is 1. The van der Waals surface area contributed by atoms with Crippen LogP contribution in [0.25, 0.3) is 0 Å². The maximum absolute atomic E-state index is 11.5. The van der Waals surface area contributed by atoms with Gasteiger partial charge in [-0.3, -0.25) is 4.79 Å². The van der Waals surface area contributed by atoms with Gasteiger partial charge >= 0.3 is 0 Å². The molecule has 1 amide bonds. The van der Waals surface area contributed by atoms with Gasteiger partial charge in [0.15, 0.2) is 0 Å². The van der Waals surface area contributed by atoms with Crippen molar-refractivity contribution in [1.29, 1.82) is 0 Å². The Balaban J connectivity index is 1.87. The summed E-state index contributed by atoms with van der Waals surface area (Å²) in [6, 6.07) is 0. The Labute approximate surface area is 119 Å². The van der Waals surface area contributed by atoms with Crippen molar-refractivity contribution in [3.63, 3.8) is 0 Å². The molecule has 1 rings (SSSR count). The number of nitrogens with one attached hydrogen (secondary N) is 2. The molecule has 1 saturated heterocycles. The number of carbonyl (C=O) groups is 1. The van der Waals surface area contributed by atoms with Crippen LogP contribution in [-0.2, 0) is 9.53 Å². The van der Waals surface area contributed by atoms with E-state index in [2.05, 4.69) is 10.6 Å². The first kappa shape index (κ1) is 16.8. The van der Waals surface area contributed by atoms with E-state index < -0.39 is 0 Å². The van der Waals surface area contributed by atoms with Crippen molar-refractivity contribution in [2.45, 2.75) is 31.8 Å². The van der Waals surface area contributed by atoms with Crippen molar-refractivity contribution in [1.82, 2.24) is 10.6 Å². The van der Waals surface area contributed by atoms with Crippen LogP contribution in [-0.4, -0.2) is 61.5 Å². The quantitative estimate of drug-likeness (QED) is 0.507. The molecule has 0 spiro atoms. The number of amides is 1. The molecule has 0 aliphatic carbocycles. The van der Waals surface area contributed by atoms with Gasteiger partial charge in [0.2, 0.25) is 5.91 Å². The van der Waals surface area contributed by atoms with Crippen LogP contribution < -0.4 is 10.6 Å². The molecule has 1 aliphatic rings. The van der Waals surface area contributed by atoms with Crippen LogP contribution in [0.3, 0.4) is 0 Å². The van der Waals surface area contributed by atoms with E-state index in [-0.39, 0.29) is 12.5 Å². The molecule has 0 atom stereocenters. The van der Waals surface area contributed by atoms with Gasteiger partial charge in [0.05, 0.1) is 12.7 Å². The molecular weight excluding hydrogens is 264 g/mol. The highest BCUT2D eigenvalue weighted by atomic mass is 32.2. The third kappa shape index (κ3) is 9.27. The van der Waals surface area contributed by atoms with Gasteiger partial charge in [-0.05, 0) is 38.1 Å². The van der Waals surface area contributed by atoms with Crippen LogP contribution in [0.5, 0.6) is 0 Å². The summed E-state index contributed by atoms with van der Waals surface area (Å²) in [7, 11) is 0. The van der Waals surface area contributed by atoms with Crippen molar-refractivity contribution in [2.24, 2.45) is 0 Å². The summed E-state index contributed by atoms with van der Waals surface area (Å²) >= 11 is 1.75. The molecule has 0 bridgehead atoms. The van der Waals surface area contributed by atoms with Gasteiger partial charge in [0, 0.05) is 25.3 Å². The van der Waals surface area contributed by atoms with Crippen molar-refractivity contribution in [3.8, 4) is 0 Å². The topological polar surface area (TPSA) is 70.6 Å². The maximum Gasteiger partial charge on any atom is 0.222 e. The van der Waals surface area contributed by atoms with Gasteiger partial charge in [0.25, 0.3) is 0 Å². The average molecular weight is 290 g/mol. The molecule has 6 heteroatoms. The predicted molar refractivity (Wildman–Crippen MR) is 78.5 cm³/mol. The van der Waals surface area contributed by atoms with Crippen LogP contribution in [0.4, 0.5) is 0 Å². The largest absolute Gasteiger partial charge is 0.396 e. The number of aliphatic hydroxyl groups is 1. The Morgan fingerprint density at radius 3 is 2.89 bits per heavy atom. The Morgan fingerprint density at radius 1 is 1.37 bits per heavy atom. The number of hydrogen-bond acceptors (Lipinski definition) is 5. The van der Waals surface area contributed by atoms with E-state index in [1.807, 2.05) is 0 Å². The number of aliphatic hydroxyl groups excluding tert-OH is 1. The second kappa shape index (κ2) is 11.5. The zero-order chi connectivity index (χ0) is 13.8. The lowest BCUT2D eigenvalue weighted by Gasteiger charge is -2.22. The fraction of sp³-hybridized carbons (Fsp3) is 0.923. The van der Waals surface area contributed by atoms with E-state index in [4.69, 9.17) is 9.84 Å². The number of carbonyl (C=O) groups excluding carboxylic acids is 1. The van der Waals surface area contributed by atoms with Crippen LogP contribution in [0, 0.1) is 0 Å². The highest BCUT2D eigenvalue weighted by Gasteiger charge is 2.13. The van der Waals surface area contributed by atoms with E-state index in [9.17, 15) is 4.79 Å². The summed E-state index contributed by atoms with van der Waals surface area (Å²) in [4.78, 5) is 11.5. The second-order valence-corrected chi connectivity index (χ2v) is 5.83. The lowest BCUT2D eigenvalue weighted by molar-refractivity contribution is -0.122. The van der Waals surface area contributed by atoms with E-state index in [0.717, 1.165) is 43.9 Å². The number of rotatable bonds is 10. The summed E-state index contributed by atoms with van der Waals surface area (Å²) in [5.74, 6) is 1.92. The molecule has 0 unspecified atom stereocenters. The molecule has 0 aromatic rings. The fourth-order valence-corrected chi connectivity index (χ4v) is 2.68. The van der Waals surface area contributed by atoms with Gasteiger partial charge in [-0.25, -0.2) is 0 Å². The first-order valence-corrected chi connectivity index (χ1v) is 8.26. The molecule has 1 fully saturated rings. The van der Waals surface area contributed by atoms with Crippen molar-refractivity contribution < 1.29 is 14.6 Å². The van der Waals surface area contributed by atoms with Crippen molar-refractivity contribution >= 4 is 17.7 Å². The van der Waals surface area contributed by atoms with Crippen LogP contribution in [0.2, 0.25) is 0 Å². The summed E-state index contributed by atoms with van der Waals surface area (Å²) in [6.45, 7) is 3.49. The van der Waals surface area contributed by atoms with E-state index >= 15 is 0 Å². The zero-order valence-electron chi connectivity index (χ0n) is 11.5. The summed E-state index contributed by atoms with van der Waals surface area (Å²) in [6.07, 6.45) is 3.68. The minimum atomic E-state index is 0.0664. The van der Waals surface area contributed by atoms with E-state index in [0.29, 0.717) is 25.7 Å². The SMILES string of the molecule is O=C(CCOC1CCNCC1)NCCSCCCO. The van der Waals surface area contributed by atoms with Gasteiger partial charge in [-0.1, -0.05) is 0 Å². The average Bonchev–Trinajstić information content (AvgIpc) is 2.44. The summed E-state index contributed by atoms with van der Waals surface area (Å²) in [5.41, 5.74) is 0. The van der Waals surface area contributed by atoms with Gasteiger partial charge in [0.1, 0.15) is 0 Å². The second-order valence-electron chi connectivity index (χ2n) is 4.61. The monoisotopic (exact) mass is 290 g/mol. The summed E-state index contributed by atoms with van der Waals surface area (Å²) in [5, 5.41) is 14.8. The molecule has 5 nitrogen and oxygen atoms in total. The van der Waals surface area contributed by atoms with Crippen LogP contribution in [0.15, 0.2) is 0 Å². The Morgan fingerprint density at radius 2 is 2.16 bits per heavy atom. The minimum absolute atomic E-state index is 0.0664. The normalized spacial score (nSPS) is 16.5. The molecule has 0 saturated carbocycles. The number of hydrogen-bond donors (Lipinski definition) is 3. The lowest BCUT2D eigenvalue weighted by atomic mass is 10.1. The van der Waals surface area contributed by atoms with Gasteiger partial charge < -0.3 is 20.5 Å². The Hall–Kier alpha value is -0.300. The van der Waals surface area contributed by atoms with Gasteiger partial charge in [-0.15, -0.1) is 0 Å². The fourth-order valence-electron chi connectivity index (χ4n) is 1.90. The summed E-state index contributed by atoms with van der Waals surface area (Å²) < 4.78 is 5.68. The molecule has 19 heavy (non-hydrogen) atoms. The standard InChI is InChI=1S/C13H26N2O3S/c16-8-1-10-19-11-7-15-13(17)4-9-18-12-2-5-14-6-3-12/h12,14,16H,1-11H2,(H,15,17). The first-order valence-electron chi connectivity index (χ1n) is 7.10. The Kier molecular flexibility index (Phi) is 10.2. The third-order valence-corrected chi connectivity index (χ3v) is 4.05. The zero-order valence-corrected chi connectivity index (χ0v) is 12.3. The highest BCUT2D eigenvalue weighted by molar-refractivity contribution is 7.99. The van der Waals surface area contributed by atoms with Gasteiger partial charge in [-0.2, -0.15) is 11.8 Å². The third-order valence-electron chi connectivity index (χ3n) is 2.98. The molecule has 3 N–H and O–H groups in total. The van der Waals surface area contributed by atoms with E-state index in [1.165, 1.54) is 0 Å². The molecule has 0 aromatic heterocycles. The first-order chi connectivity index (χ1) is 9.33. The van der Waals surface area contributed by atoms with Crippen molar-refractivity contribution in [3.05, 3.63) is 0 Å². The van der Waals surface area contributed by atoms with Crippen LogP contribution in [0.1, 0.15) is 25.7 Å².